The first-order valence-electron chi connectivity index (χ1n) is 5.57. The summed E-state index contributed by atoms with van der Waals surface area (Å²) in [5.74, 6) is 0. The second-order valence-corrected chi connectivity index (χ2v) is 3.77. The third kappa shape index (κ3) is 2.94. The van der Waals surface area contributed by atoms with Crippen LogP contribution in [0, 0.1) is 0 Å². The molecule has 0 aromatic rings. The van der Waals surface area contributed by atoms with Crippen molar-refractivity contribution >= 4 is 0 Å². The van der Waals surface area contributed by atoms with E-state index in [0.29, 0.717) is 0 Å². The Morgan fingerprint density at radius 1 is 1.00 bits per heavy atom. The van der Waals surface area contributed by atoms with E-state index in [-0.39, 0.29) is 24.4 Å². The van der Waals surface area contributed by atoms with Crippen LogP contribution in [0.5, 0.6) is 0 Å². The highest BCUT2D eigenvalue weighted by atomic mass is 16.6. The Hall–Kier alpha value is -0.120. The lowest BCUT2D eigenvalue weighted by Gasteiger charge is -2.38. The summed E-state index contributed by atoms with van der Waals surface area (Å²) in [6.07, 6.45) is 1.69. The van der Waals surface area contributed by atoms with Gasteiger partial charge in [0.25, 0.3) is 0 Å². The summed E-state index contributed by atoms with van der Waals surface area (Å²) < 4.78 is 17.0. The molecule has 1 saturated heterocycles. The van der Waals surface area contributed by atoms with Crippen molar-refractivity contribution < 1.29 is 14.2 Å². The van der Waals surface area contributed by atoms with Gasteiger partial charge in [-0.25, -0.2) is 0 Å². The average molecular weight is 202 g/mol. The summed E-state index contributed by atoms with van der Waals surface area (Å²) in [5, 5.41) is 0. The predicted molar refractivity (Wildman–Crippen MR) is 55.5 cm³/mol. The maximum Gasteiger partial charge on any atom is 0.0859 e. The number of ether oxygens (including phenoxy) is 3. The number of hydrogen-bond acceptors (Lipinski definition) is 3. The molecule has 1 rings (SSSR count). The van der Waals surface area contributed by atoms with Gasteiger partial charge in [0.2, 0.25) is 0 Å². The van der Waals surface area contributed by atoms with Crippen molar-refractivity contribution in [2.75, 3.05) is 13.2 Å². The largest absolute Gasteiger partial charge is 0.376 e. The monoisotopic (exact) mass is 202 g/mol. The van der Waals surface area contributed by atoms with Crippen LogP contribution in [-0.4, -0.2) is 37.6 Å². The molecule has 0 radical (unpaired) electrons. The zero-order chi connectivity index (χ0) is 10.6. The predicted octanol–water partition coefficient (Wildman–Crippen LogP) is 1.99. The van der Waals surface area contributed by atoms with Crippen LogP contribution in [0.4, 0.5) is 0 Å². The van der Waals surface area contributed by atoms with E-state index in [4.69, 9.17) is 14.2 Å². The van der Waals surface area contributed by atoms with E-state index in [1.54, 1.807) is 0 Å². The summed E-state index contributed by atoms with van der Waals surface area (Å²) in [4.78, 5) is 0. The molecule has 1 unspecified atom stereocenters. The van der Waals surface area contributed by atoms with Gasteiger partial charge in [-0.3, -0.25) is 0 Å². The maximum absolute atomic E-state index is 5.77. The molecule has 1 fully saturated rings. The Kier molecular flexibility index (Phi) is 4.85. The van der Waals surface area contributed by atoms with Gasteiger partial charge in [-0.2, -0.15) is 0 Å². The molecule has 1 heterocycles. The number of rotatable bonds is 4. The second kappa shape index (κ2) is 5.69. The molecule has 0 aromatic heterocycles. The lowest BCUT2D eigenvalue weighted by atomic mass is 9.99. The molecule has 84 valence electrons. The highest BCUT2D eigenvalue weighted by molar-refractivity contribution is 4.82. The Balaban J connectivity index is 2.47. The van der Waals surface area contributed by atoms with Crippen LogP contribution < -0.4 is 0 Å². The van der Waals surface area contributed by atoms with Gasteiger partial charge < -0.3 is 14.2 Å². The molecule has 0 amide bonds. The third-order valence-electron chi connectivity index (χ3n) is 2.70. The highest BCUT2D eigenvalue weighted by Gasteiger charge is 2.34. The molecule has 0 aromatic carbocycles. The lowest BCUT2D eigenvalue weighted by molar-refractivity contribution is -0.183. The smallest absolute Gasteiger partial charge is 0.0859 e. The van der Waals surface area contributed by atoms with Gasteiger partial charge in [-0.1, -0.05) is 0 Å². The van der Waals surface area contributed by atoms with Crippen molar-refractivity contribution in [2.45, 2.75) is 58.5 Å². The fourth-order valence-electron chi connectivity index (χ4n) is 1.96. The highest BCUT2D eigenvalue weighted by Crippen LogP contribution is 2.24. The van der Waals surface area contributed by atoms with Crippen molar-refractivity contribution in [3.05, 3.63) is 0 Å². The summed E-state index contributed by atoms with van der Waals surface area (Å²) in [6.45, 7) is 9.65. The topological polar surface area (TPSA) is 27.7 Å². The summed E-state index contributed by atoms with van der Waals surface area (Å²) in [5.41, 5.74) is 0. The van der Waals surface area contributed by atoms with Crippen molar-refractivity contribution in [3.8, 4) is 0 Å². The van der Waals surface area contributed by atoms with Crippen LogP contribution >= 0.6 is 0 Å². The van der Waals surface area contributed by atoms with E-state index >= 15 is 0 Å². The van der Waals surface area contributed by atoms with Gasteiger partial charge >= 0.3 is 0 Å². The van der Waals surface area contributed by atoms with Crippen LogP contribution in [0.2, 0.25) is 0 Å². The molecular weight excluding hydrogens is 180 g/mol. The molecule has 14 heavy (non-hydrogen) atoms. The molecule has 0 N–H and O–H groups in total. The van der Waals surface area contributed by atoms with Gasteiger partial charge in [0.05, 0.1) is 24.4 Å². The Bertz CT molecular complexity index is 145. The average Bonchev–Trinajstić information content (AvgIpc) is 2.14. The molecule has 4 atom stereocenters. The van der Waals surface area contributed by atoms with E-state index < -0.39 is 0 Å². The molecule has 3 heteroatoms. The van der Waals surface area contributed by atoms with Gasteiger partial charge in [-0.05, 0) is 27.7 Å². The van der Waals surface area contributed by atoms with Gasteiger partial charge in [0.1, 0.15) is 0 Å². The molecule has 0 spiro atoms. The minimum absolute atomic E-state index is 0.182. The number of hydrogen-bond donors (Lipinski definition) is 0. The third-order valence-corrected chi connectivity index (χ3v) is 2.70. The molecule has 1 aliphatic rings. The zero-order valence-corrected chi connectivity index (χ0v) is 9.66. The van der Waals surface area contributed by atoms with Gasteiger partial charge in [0, 0.05) is 19.6 Å². The van der Waals surface area contributed by atoms with E-state index in [1.807, 2.05) is 13.8 Å². The van der Waals surface area contributed by atoms with E-state index in [9.17, 15) is 0 Å². The van der Waals surface area contributed by atoms with Crippen LogP contribution in [0.15, 0.2) is 0 Å². The second-order valence-electron chi connectivity index (χ2n) is 3.77. The minimum Gasteiger partial charge on any atom is -0.376 e. The van der Waals surface area contributed by atoms with Crippen molar-refractivity contribution in [1.29, 1.82) is 0 Å². The fourth-order valence-corrected chi connectivity index (χ4v) is 1.96. The normalized spacial score (nSPS) is 38.6. The maximum atomic E-state index is 5.77. The van der Waals surface area contributed by atoms with E-state index in [0.717, 1.165) is 19.6 Å². The van der Waals surface area contributed by atoms with E-state index in [2.05, 4.69) is 13.8 Å². The fraction of sp³-hybridized carbons (Fsp3) is 1.00. The van der Waals surface area contributed by atoms with Gasteiger partial charge in [0.15, 0.2) is 0 Å². The minimum atomic E-state index is 0.182. The summed E-state index contributed by atoms with van der Waals surface area (Å²) >= 11 is 0. The van der Waals surface area contributed by atoms with Crippen LogP contribution in [-0.2, 0) is 14.2 Å². The van der Waals surface area contributed by atoms with Crippen molar-refractivity contribution in [1.82, 2.24) is 0 Å². The zero-order valence-electron chi connectivity index (χ0n) is 9.66. The molecule has 0 saturated carbocycles. The van der Waals surface area contributed by atoms with Crippen LogP contribution in [0.25, 0.3) is 0 Å². The van der Waals surface area contributed by atoms with Crippen LogP contribution in [0.1, 0.15) is 34.1 Å². The molecule has 1 aliphatic heterocycles. The Labute approximate surface area is 86.7 Å². The molecule has 3 nitrogen and oxygen atoms in total. The summed E-state index contributed by atoms with van der Waals surface area (Å²) in [7, 11) is 0. The first-order valence-corrected chi connectivity index (χ1v) is 5.57. The Morgan fingerprint density at radius 2 is 1.43 bits per heavy atom. The quantitative estimate of drug-likeness (QED) is 0.698. The van der Waals surface area contributed by atoms with Gasteiger partial charge in [-0.15, -0.1) is 0 Å². The standard InChI is InChI=1S/C11H22O3/c1-5-12-10-7-11(13-6-2)9(4)14-8(10)3/h8-11H,5-7H2,1-4H3/t8-,9-,10+,11?/m0/s1. The van der Waals surface area contributed by atoms with E-state index in [1.165, 1.54) is 0 Å². The first kappa shape index (κ1) is 12.0. The van der Waals surface area contributed by atoms with Crippen LogP contribution in [0.3, 0.4) is 0 Å². The Morgan fingerprint density at radius 3 is 1.79 bits per heavy atom. The lowest BCUT2D eigenvalue weighted by Crippen LogP contribution is -2.46. The van der Waals surface area contributed by atoms with Crippen molar-refractivity contribution in [3.63, 3.8) is 0 Å². The molecular formula is C11H22O3. The van der Waals surface area contributed by atoms with Crippen molar-refractivity contribution in [2.24, 2.45) is 0 Å². The summed E-state index contributed by atoms with van der Waals surface area (Å²) in [6, 6.07) is 0. The first-order chi connectivity index (χ1) is 6.69. The molecule has 0 aliphatic carbocycles. The molecule has 0 bridgehead atoms. The SMILES string of the molecule is CCOC1C[C@@H](OCC)[C@H](C)O[C@H]1C.